The van der Waals surface area contributed by atoms with E-state index in [0.29, 0.717) is 0 Å². The zero-order valence-electron chi connectivity index (χ0n) is 34.4. The summed E-state index contributed by atoms with van der Waals surface area (Å²) in [6, 6.07) is 58.3. The predicted molar refractivity (Wildman–Crippen MR) is 243 cm³/mol. The fourth-order valence-electron chi connectivity index (χ4n) is 13.4. The topological polar surface area (TPSA) is 3.24 Å². The quantitative estimate of drug-likeness (QED) is 0.169. The first-order valence-corrected chi connectivity index (χ1v) is 22.1. The lowest BCUT2D eigenvalue weighted by Crippen LogP contribution is -2.40. The molecule has 1 nitrogen and oxygen atoms in total. The minimum atomic E-state index is 0.0596. The molecule has 4 saturated carbocycles. The van der Waals surface area contributed by atoms with Crippen molar-refractivity contribution in [2.24, 2.45) is 23.7 Å². The third-order valence-corrected chi connectivity index (χ3v) is 16.1. The first kappa shape index (κ1) is 34.6. The van der Waals surface area contributed by atoms with Crippen LogP contribution in [0, 0.1) is 23.7 Å². The molecule has 0 saturated heterocycles. The van der Waals surface area contributed by atoms with Crippen molar-refractivity contribution in [3.05, 3.63) is 174 Å². The van der Waals surface area contributed by atoms with Gasteiger partial charge in [0.15, 0.2) is 0 Å². The molecule has 286 valence electrons. The Morgan fingerprint density at radius 2 is 1.10 bits per heavy atom. The van der Waals surface area contributed by atoms with E-state index in [2.05, 4.69) is 184 Å². The summed E-state index contributed by atoms with van der Waals surface area (Å²) in [5, 5.41) is 2.56. The van der Waals surface area contributed by atoms with Crippen LogP contribution in [0.15, 0.2) is 152 Å². The summed E-state index contributed by atoms with van der Waals surface area (Å²) in [4.78, 5) is 2.64. The van der Waals surface area contributed by atoms with Gasteiger partial charge in [-0.25, -0.2) is 0 Å². The van der Waals surface area contributed by atoms with E-state index in [4.69, 9.17) is 0 Å². The molecule has 7 aromatic rings. The fraction of sp³-hybridized carbons (Fsp3) is 0.298. The summed E-state index contributed by atoms with van der Waals surface area (Å²) in [7, 11) is 0. The Hall–Kier alpha value is -5.40. The molecule has 4 fully saturated rings. The van der Waals surface area contributed by atoms with Gasteiger partial charge < -0.3 is 4.90 Å². The van der Waals surface area contributed by atoms with Crippen molar-refractivity contribution in [3.63, 3.8) is 0 Å². The van der Waals surface area contributed by atoms with E-state index in [0.717, 1.165) is 23.7 Å². The third kappa shape index (κ3) is 4.89. The Morgan fingerprint density at radius 3 is 1.90 bits per heavy atom. The smallest absolute Gasteiger partial charge is 0.0502 e. The van der Waals surface area contributed by atoms with Crippen molar-refractivity contribution < 1.29 is 0 Å². The summed E-state index contributed by atoms with van der Waals surface area (Å²) < 4.78 is 0. The molecule has 5 unspecified atom stereocenters. The van der Waals surface area contributed by atoms with Gasteiger partial charge in [0.05, 0.1) is 5.69 Å². The van der Waals surface area contributed by atoms with Crippen LogP contribution in [-0.4, -0.2) is 0 Å². The molecular formula is C57H53N. The average Bonchev–Trinajstić information content (AvgIpc) is 3.79. The molecule has 6 aliphatic carbocycles. The fourth-order valence-corrected chi connectivity index (χ4v) is 13.4. The number of hydrogen-bond acceptors (Lipinski definition) is 1. The van der Waals surface area contributed by atoms with Crippen LogP contribution in [0.1, 0.15) is 88.5 Å². The van der Waals surface area contributed by atoms with Crippen LogP contribution >= 0.6 is 0 Å². The van der Waals surface area contributed by atoms with E-state index in [-0.39, 0.29) is 16.2 Å². The zero-order chi connectivity index (χ0) is 39.0. The highest BCUT2D eigenvalue weighted by Gasteiger charge is 2.66. The van der Waals surface area contributed by atoms with Gasteiger partial charge in [0.25, 0.3) is 0 Å². The Morgan fingerprint density at radius 1 is 0.466 bits per heavy atom. The number of hydrogen-bond donors (Lipinski definition) is 0. The normalized spacial score (nSPS) is 25.2. The van der Waals surface area contributed by atoms with Crippen molar-refractivity contribution in [1.82, 2.24) is 0 Å². The first-order valence-electron chi connectivity index (χ1n) is 22.1. The molecule has 7 aromatic carbocycles. The second-order valence-corrected chi connectivity index (χ2v) is 20.0. The van der Waals surface area contributed by atoms with Crippen molar-refractivity contribution in [1.29, 1.82) is 0 Å². The van der Waals surface area contributed by atoms with E-state index in [1.807, 2.05) is 0 Å². The van der Waals surface area contributed by atoms with Crippen LogP contribution in [0.4, 0.5) is 17.1 Å². The van der Waals surface area contributed by atoms with Crippen LogP contribution in [0.2, 0.25) is 0 Å². The molecule has 0 heterocycles. The number of nitrogens with zero attached hydrogens (tertiary/aromatic N) is 1. The standard InChI is InChI=1S/C57H53N/c1-55(2)28-29-56(3,4)54-50(55)14-9-15-53(54)58(45-24-22-39(23-25-45)38-16-18-40(19-17-38)42-21-20-37-10-5-6-11-41(37)33-42)46-26-27-48-47-12-7-8-13-49(47)57(52(48)35-46)44-31-36-30-43(34-44)51(57)32-36/h5-27,33,35-36,43-44,51H,28-32,34H2,1-4H3. The van der Waals surface area contributed by atoms with Crippen molar-refractivity contribution in [2.75, 3.05) is 4.90 Å². The van der Waals surface area contributed by atoms with Crippen LogP contribution in [-0.2, 0) is 16.2 Å². The summed E-state index contributed by atoms with van der Waals surface area (Å²) in [6.07, 6.45) is 8.04. The van der Waals surface area contributed by atoms with E-state index in [1.165, 1.54) is 111 Å². The highest BCUT2D eigenvalue weighted by molar-refractivity contribution is 5.89. The second-order valence-electron chi connectivity index (χ2n) is 20.0. The van der Waals surface area contributed by atoms with Crippen LogP contribution in [0.3, 0.4) is 0 Å². The van der Waals surface area contributed by atoms with E-state index in [9.17, 15) is 0 Å². The predicted octanol–water partition coefficient (Wildman–Crippen LogP) is 15.3. The van der Waals surface area contributed by atoms with Crippen LogP contribution < -0.4 is 4.90 Å². The Balaban J connectivity index is 0.989. The molecule has 0 amide bonds. The van der Waals surface area contributed by atoms with Crippen LogP contribution in [0.25, 0.3) is 44.2 Å². The molecule has 0 N–H and O–H groups in total. The monoisotopic (exact) mass is 751 g/mol. The van der Waals surface area contributed by atoms with Gasteiger partial charge in [0.2, 0.25) is 0 Å². The maximum atomic E-state index is 2.67. The Kier molecular flexibility index (Phi) is 7.35. The van der Waals surface area contributed by atoms with Gasteiger partial charge in [-0.1, -0.05) is 143 Å². The van der Waals surface area contributed by atoms with Gasteiger partial charge in [-0.3, -0.25) is 0 Å². The van der Waals surface area contributed by atoms with E-state index in [1.54, 1.807) is 11.1 Å². The van der Waals surface area contributed by atoms with Gasteiger partial charge in [-0.2, -0.15) is 0 Å². The van der Waals surface area contributed by atoms with Gasteiger partial charge >= 0.3 is 0 Å². The molecule has 4 bridgehead atoms. The van der Waals surface area contributed by atoms with Crippen molar-refractivity contribution in [2.45, 2.75) is 82.5 Å². The Bertz CT molecular complexity index is 2760. The number of anilines is 3. The maximum absolute atomic E-state index is 2.67. The molecule has 13 rings (SSSR count). The molecule has 0 aromatic heterocycles. The van der Waals surface area contributed by atoms with E-state index < -0.39 is 0 Å². The highest BCUT2D eigenvalue weighted by atomic mass is 15.1. The first-order chi connectivity index (χ1) is 28.2. The molecule has 1 heteroatoms. The highest BCUT2D eigenvalue weighted by Crippen LogP contribution is 2.73. The lowest BCUT2D eigenvalue weighted by Gasteiger charge is -2.45. The summed E-state index contributed by atoms with van der Waals surface area (Å²) in [5.41, 5.74) is 18.4. The van der Waals surface area contributed by atoms with Gasteiger partial charge in [-0.05, 0) is 176 Å². The number of fused-ring (bicyclic) bond motifs is 5. The minimum absolute atomic E-state index is 0.0596. The summed E-state index contributed by atoms with van der Waals surface area (Å²) >= 11 is 0. The molecule has 0 aliphatic heterocycles. The second kappa shape index (κ2) is 12.3. The number of benzene rings is 7. The summed E-state index contributed by atoms with van der Waals surface area (Å²) in [5.74, 6) is 3.32. The minimum Gasteiger partial charge on any atom is -0.310 e. The van der Waals surface area contributed by atoms with Crippen molar-refractivity contribution >= 4 is 27.8 Å². The maximum Gasteiger partial charge on any atom is 0.0502 e. The lowest BCUT2D eigenvalue weighted by atomic mass is 9.59. The summed E-state index contributed by atoms with van der Waals surface area (Å²) in [6.45, 7) is 9.87. The van der Waals surface area contributed by atoms with E-state index >= 15 is 0 Å². The molecular weight excluding hydrogens is 699 g/mol. The average molecular weight is 752 g/mol. The molecule has 6 aliphatic rings. The van der Waals surface area contributed by atoms with Gasteiger partial charge in [0, 0.05) is 16.8 Å². The van der Waals surface area contributed by atoms with Gasteiger partial charge in [-0.15, -0.1) is 0 Å². The molecule has 58 heavy (non-hydrogen) atoms. The molecule has 5 atom stereocenters. The molecule has 1 spiro atoms. The Labute approximate surface area is 344 Å². The zero-order valence-corrected chi connectivity index (χ0v) is 34.4. The SMILES string of the molecule is CC1(C)CCC(C)(C)c2c(N(c3ccc(-c4ccc(-c5ccc6ccccc6c5)cc4)cc3)c3ccc4c(c3)C3(c5ccccc5-4)C4CC5CC(C4)C3C5)cccc21. The largest absolute Gasteiger partial charge is 0.310 e. The van der Waals surface area contributed by atoms with Crippen molar-refractivity contribution in [3.8, 4) is 33.4 Å². The third-order valence-electron chi connectivity index (χ3n) is 16.1. The van der Waals surface area contributed by atoms with Gasteiger partial charge in [0.1, 0.15) is 0 Å². The lowest BCUT2D eigenvalue weighted by molar-refractivity contribution is 0.191. The number of rotatable bonds is 5. The molecule has 0 radical (unpaired) electrons. The van der Waals surface area contributed by atoms with Crippen LogP contribution in [0.5, 0.6) is 0 Å².